The number of carbonyl (C=O) groups excluding carboxylic acids is 1. The zero-order valence-electron chi connectivity index (χ0n) is 18.2. The van der Waals surface area contributed by atoms with Crippen molar-refractivity contribution in [3.8, 4) is 5.75 Å². The molecule has 178 valence electrons. The van der Waals surface area contributed by atoms with Gasteiger partial charge in [0.1, 0.15) is 11.6 Å². The van der Waals surface area contributed by atoms with Gasteiger partial charge in [-0.05, 0) is 54.8 Å². The number of carbonyl (C=O) groups is 1. The number of nitrogens with zero attached hydrogens (tertiary/aromatic N) is 2. The largest absolute Gasteiger partial charge is 0.483 e. The van der Waals surface area contributed by atoms with E-state index in [9.17, 15) is 17.6 Å². The zero-order valence-corrected chi connectivity index (χ0v) is 19.8. The predicted molar refractivity (Wildman–Crippen MR) is 124 cm³/mol. The maximum absolute atomic E-state index is 13.1. The predicted octanol–water partition coefficient (Wildman–Crippen LogP) is 3.53. The maximum atomic E-state index is 13.1. The van der Waals surface area contributed by atoms with E-state index in [0.29, 0.717) is 36.0 Å². The molecule has 1 amide bonds. The van der Waals surface area contributed by atoms with E-state index in [0.717, 1.165) is 11.3 Å². The van der Waals surface area contributed by atoms with E-state index in [-0.39, 0.29) is 30.8 Å². The van der Waals surface area contributed by atoms with E-state index >= 15 is 0 Å². The molecule has 2 aromatic carbocycles. The van der Waals surface area contributed by atoms with E-state index in [4.69, 9.17) is 20.9 Å². The Labute approximate surface area is 198 Å². The zero-order chi connectivity index (χ0) is 24.2. The van der Waals surface area contributed by atoms with Crippen LogP contribution in [0.25, 0.3) is 0 Å². The summed E-state index contributed by atoms with van der Waals surface area (Å²) in [4.78, 5) is 16.6. The average molecular weight is 497 g/mol. The Morgan fingerprint density at radius 2 is 1.97 bits per heavy atom. The lowest BCUT2D eigenvalue weighted by Crippen LogP contribution is -2.53. The van der Waals surface area contributed by atoms with Gasteiger partial charge in [-0.3, -0.25) is 9.35 Å². The average Bonchev–Trinajstić information content (AvgIpc) is 2.74. The highest BCUT2D eigenvalue weighted by Crippen LogP contribution is 2.25. The number of ether oxygens (including phenoxy) is 1. The number of hydrogen-bond donors (Lipinski definition) is 1. The molecule has 1 N–H and O–H groups in total. The monoisotopic (exact) mass is 496 g/mol. The first kappa shape index (κ1) is 25.0. The third kappa shape index (κ3) is 7.18. The minimum absolute atomic E-state index is 0.00180. The first-order chi connectivity index (χ1) is 15.5. The van der Waals surface area contributed by atoms with Gasteiger partial charge in [-0.1, -0.05) is 30.3 Å². The minimum Gasteiger partial charge on any atom is -0.483 e. The number of benzene rings is 2. The second-order valence-electron chi connectivity index (χ2n) is 8.02. The highest BCUT2D eigenvalue weighted by molar-refractivity contribution is 7.85. The molecule has 0 saturated carbocycles. The van der Waals surface area contributed by atoms with Crippen LogP contribution >= 0.6 is 11.6 Å². The lowest BCUT2D eigenvalue weighted by Gasteiger charge is -2.42. The van der Waals surface area contributed by atoms with Crippen molar-refractivity contribution in [2.45, 2.75) is 25.9 Å². The molecule has 10 heteroatoms. The van der Waals surface area contributed by atoms with Crippen molar-refractivity contribution in [3.05, 3.63) is 76.7 Å². The number of rotatable bonds is 8. The highest BCUT2D eigenvalue weighted by Gasteiger charge is 2.29. The molecular weight excluding hydrogens is 471 g/mol. The Kier molecular flexibility index (Phi) is 7.99. The second-order valence-corrected chi connectivity index (χ2v) is 10.0. The van der Waals surface area contributed by atoms with Gasteiger partial charge in [-0.2, -0.15) is 8.42 Å². The van der Waals surface area contributed by atoms with Gasteiger partial charge >= 0.3 is 0 Å². The standard InChI is InChI=1S/C23H26ClFN2O5S/c1-16-13-27(17(2)12-26(16)14-18-3-6-21(25)7-4-18)23(28)15-32-22-8-5-20(24)11-19(22)9-10-33(29,30)31/h3-8,11,17H,1,9-10,12-15H2,2H3,(H,29,30,31)/t17-/m1/s1. The minimum atomic E-state index is -4.15. The van der Waals surface area contributed by atoms with Gasteiger partial charge in [-0.25, -0.2) is 4.39 Å². The summed E-state index contributed by atoms with van der Waals surface area (Å²) >= 11 is 5.99. The molecule has 1 atom stereocenters. The number of amides is 1. The molecule has 1 heterocycles. The Morgan fingerprint density at radius 1 is 1.27 bits per heavy atom. The third-order valence-corrected chi connectivity index (χ3v) is 6.38. The van der Waals surface area contributed by atoms with Gasteiger partial charge in [0.15, 0.2) is 6.61 Å². The van der Waals surface area contributed by atoms with Crippen LogP contribution in [-0.2, 0) is 27.9 Å². The van der Waals surface area contributed by atoms with Gasteiger partial charge in [0.05, 0.1) is 12.3 Å². The van der Waals surface area contributed by atoms with Gasteiger partial charge in [-0.15, -0.1) is 0 Å². The van der Waals surface area contributed by atoms with E-state index in [1.165, 1.54) is 12.1 Å². The molecule has 0 aliphatic carbocycles. The van der Waals surface area contributed by atoms with Crippen molar-refractivity contribution in [1.29, 1.82) is 0 Å². The van der Waals surface area contributed by atoms with Crippen LogP contribution in [-0.4, -0.2) is 60.2 Å². The van der Waals surface area contributed by atoms with E-state index < -0.39 is 15.9 Å². The maximum Gasteiger partial charge on any atom is 0.265 e. The molecule has 1 aliphatic rings. The molecule has 0 aromatic heterocycles. The summed E-state index contributed by atoms with van der Waals surface area (Å²) in [6.45, 7) is 7.26. The van der Waals surface area contributed by atoms with Crippen molar-refractivity contribution >= 4 is 27.6 Å². The van der Waals surface area contributed by atoms with Crippen molar-refractivity contribution in [2.75, 3.05) is 25.4 Å². The van der Waals surface area contributed by atoms with Crippen LogP contribution in [0.15, 0.2) is 54.7 Å². The van der Waals surface area contributed by atoms with Crippen molar-refractivity contribution in [1.82, 2.24) is 9.80 Å². The Hall–Kier alpha value is -2.62. The van der Waals surface area contributed by atoms with E-state index in [1.807, 2.05) is 6.92 Å². The second kappa shape index (κ2) is 10.5. The molecule has 33 heavy (non-hydrogen) atoms. The molecular formula is C23H26ClFN2O5S. The summed E-state index contributed by atoms with van der Waals surface area (Å²) in [6.07, 6.45) is -0.00180. The molecule has 1 saturated heterocycles. The highest BCUT2D eigenvalue weighted by atomic mass is 35.5. The van der Waals surface area contributed by atoms with Gasteiger partial charge < -0.3 is 14.5 Å². The molecule has 0 bridgehead atoms. The Balaban J connectivity index is 1.60. The number of piperazine rings is 1. The first-order valence-electron chi connectivity index (χ1n) is 10.3. The molecule has 0 radical (unpaired) electrons. The van der Waals surface area contributed by atoms with E-state index in [1.54, 1.807) is 35.2 Å². The summed E-state index contributed by atoms with van der Waals surface area (Å²) < 4.78 is 50.0. The van der Waals surface area contributed by atoms with Crippen LogP contribution < -0.4 is 4.74 Å². The summed E-state index contributed by atoms with van der Waals surface area (Å²) in [6, 6.07) is 10.9. The van der Waals surface area contributed by atoms with Crippen LogP contribution in [0.1, 0.15) is 18.1 Å². The van der Waals surface area contributed by atoms with Crippen molar-refractivity contribution < 1.29 is 26.9 Å². The summed E-state index contributed by atoms with van der Waals surface area (Å²) in [5.41, 5.74) is 2.20. The topological polar surface area (TPSA) is 87.1 Å². The van der Waals surface area contributed by atoms with Gasteiger partial charge in [0.25, 0.3) is 16.0 Å². The van der Waals surface area contributed by atoms with E-state index in [2.05, 4.69) is 11.5 Å². The Bertz CT molecular complexity index is 1120. The molecule has 7 nitrogen and oxygen atoms in total. The summed E-state index contributed by atoms with van der Waals surface area (Å²) in [7, 11) is -4.15. The van der Waals surface area contributed by atoms with Crippen LogP contribution in [0.3, 0.4) is 0 Å². The normalized spacial score (nSPS) is 16.7. The molecule has 3 rings (SSSR count). The number of aryl methyl sites for hydroxylation is 1. The quantitative estimate of drug-likeness (QED) is 0.562. The molecule has 0 spiro atoms. The summed E-state index contributed by atoms with van der Waals surface area (Å²) in [5.74, 6) is -0.674. The molecule has 1 aliphatic heterocycles. The Morgan fingerprint density at radius 3 is 2.64 bits per heavy atom. The van der Waals surface area contributed by atoms with Crippen LogP contribution in [0.5, 0.6) is 5.75 Å². The molecule has 1 fully saturated rings. The van der Waals surface area contributed by atoms with Crippen molar-refractivity contribution in [2.24, 2.45) is 0 Å². The fraction of sp³-hybridized carbons (Fsp3) is 0.348. The number of hydrogen-bond acceptors (Lipinski definition) is 5. The fourth-order valence-electron chi connectivity index (χ4n) is 3.67. The van der Waals surface area contributed by atoms with Crippen molar-refractivity contribution in [3.63, 3.8) is 0 Å². The molecule has 2 aromatic rings. The van der Waals surface area contributed by atoms with Crippen LogP contribution in [0, 0.1) is 5.82 Å². The summed E-state index contributed by atoms with van der Waals surface area (Å²) in [5, 5.41) is 0.390. The smallest absolute Gasteiger partial charge is 0.265 e. The van der Waals surface area contributed by atoms with Gasteiger partial charge in [0, 0.05) is 29.9 Å². The fourth-order valence-corrected chi connectivity index (χ4v) is 4.34. The molecule has 0 unspecified atom stereocenters. The lowest BCUT2D eigenvalue weighted by molar-refractivity contribution is -0.136. The van der Waals surface area contributed by atoms with Crippen LogP contribution in [0.4, 0.5) is 4.39 Å². The lowest BCUT2D eigenvalue weighted by atomic mass is 10.1. The first-order valence-corrected chi connectivity index (χ1v) is 12.3. The van der Waals surface area contributed by atoms with Gasteiger partial charge in [0.2, 0.25) is 0 Å². The SMILES string of the molecule is C=C1CN(C(=O)COc2ccc(Cl)cc2CCS(=O)(=O)O)[C@H](C)CN1Cc1ccc(F)cc1. The number of halogens is 2. The van der Waals surface area contributed by atoms with Crippen LogP contribution in [0.2, 0.25) is 5.02 Å². The third-order valence-electron chi connectivity index (χ3n) is 5.43.